The fourth-order valence-electron chi connectivity index (χ4n) is 5.37. The molecule has 2 atom stereocenters. The molecule has 0 unspecified atom stereocenters. The molecule has 182 valence electrons. The topological polar surface area (TPSA) is 43.9 Å². The standard InChI is InChI=1S/C29H33N3O2S/c1-3-22-9-11-24(12-10-22)29(34)32-17-16-30(19-21(32)2)27(33)20-31-15-13-26-25(14-18-35-26)28(31)23-7-5-4-6-8-23/h4-12,14,18,21,28H,3,13,15-17,19-20H2,1-2H3/t21-,28-/m0/s1. The Morgan fingerprint density at radius 3 is 2.46 bits per heavy atom. The van der Waals surface area contributed by atoms with Gasteiger partial charge in [0.1, 0.15) is 0 Å². The number of nitrogens with zero attached hydrogens (tertiary/aromatic N) is 3. The van der Waals surface area contributed by atoms with Gasteiger partial charge in [-0.25, -0.2) is 0 Å². The predicted octanol–water partition coefficient (Wildman–Crippen LogP) is 4.63. The number of amides is 2. The molecule has 6 heteroatoms. The largest absolute Gasteiger partial charge is 0.338 e. The lowest BCUT2D eigenvalue weighted by atomic mass is 9.93. The zero-order chi connectivity index (χ0) is 24.4. The molecule has 0 bridgehead atoms. The van der Waals surface area contributed by atoms with Gasteiger partial charge in [-0.15, -0.1) is 11.3 Å². The second-order valence-electron chi connectivity index (χ2n) is 9.57. The molecule has 0 spiro atoms. The van der Waals surface area contributed by atoms with Crippen molar-refractivity contribution in [1.29, 1.82) is 0 Å². The van der Waals surface area contributed by atoms with Gasteiger partial charge >= 0.3 is 0 Å². The molecule has 35 heavy (non-hydrogen) atoms. The van der Waals surface area contributed by atoms with Crippen LogP contribution in [0.15, 0.2) is 66.0 Å². The second-order valence-corrected chi connectivity index (χ2v) is 10.6. The molecular formula is C29H33N3O2S. The number of piperazine rings is 1. The first-order valence-electron chi connectivity index (χ1n) is 12.6. The van der Waals surface area contributed by atoms with Crippen LogP contribution < -0.4 is 0 Å². The highest BCUT2D eigenvalue weighted by molar-refractivity contribution is 7.10. The predicted molar refractivity (Wildman–Crippen MR) is 141 cm³/mol. The Balaban J connectivity index is 1.25. The Kier molecular flexibility index (Phi) is 7.02. The smallest absolute Gasteiger partial charge is 0.254 e. The van der Waals surface area contributed by atoms with E-state index in [0.29, 0.717) is 26.2 Å². The molecule has 1 saturated heterocycles. The van der Waals surface area contributed by atoms with E-state index < -0.39 is 0 Å². The van der Waals surface area contributed by atoms with Crippen molar-refractivity contribution in [3.8, 4) is 0 Å². The molecule has 5 nitrogen and oxygen atoms in total. The fourth-order valence-corrected chi connectivity index (χ4v) is 6.28. The number of carbonyl (C=O) groups excluding carboxylic acids is 2. The van der Waals surface area contributed by atoms with E-state index in [2.05, 4.69) is 47.5 Å². The van der Waals surface area contributed by atoms with Crippen LogP contribution in [0.5, 0.6) is 0 Å². The van der Waals surface area contributed by atoms with Crippen LogP contribution in [-0.2, 0) is 17.6 Å². The Bertz CT molecular complexity index is 1170. The lowest BCUT2D eigenvalue weighted by molar-refractivity contribution is -0.135. The Labute approximate surface area is 212 Å². The minimum atomic E-state index is -0.0131. The number of thiophene rings is 1. The summed E-state index contributed by atoms with van der Waals surface area (Å²) < 4.78 is 0. The first kappa shape index (κ1) is 23.8. The Hall–Kier alpha value is -2.96. The number of rotatable bonds is 5. The van der Waals surface area contributed by atoms with E-state index >= 15 is 0 Å². The molecule has 1 fully saturated rings. The average molecular weight is 488 g/mol. The lowest BCUT2D eigenvalue weighted by Gasteiger charge is -2.42. The number of carbonyl (C=O) groups is 2. The summed E-state index contributed by atoms with van der Waals surface area (Å²) in [6, 6.07) is 20.7. The van der Waals surface area contributed by atoms with Gasteiger partial charge in [-0.2, -0.15) is 0 Å². The van der Waals surface area contributed by atoms with Gasteiger partial charge in [0.2, 0.25) is 5.91 Å². The third-order valence-electron chi connectivity index (χ3n) is 7.37. The van der Waals surface area contributed by atoms with Gasteiger partial charge in [0.25, 0.3) is 5.91 Å². The van der Waals surface area contributed by atoms with Crippen molar-refractivity contribution in [3.63, 3.8) is 0 Å². The zero-order valence-corrected chi connectivity index (χ0v) is 21.3. The summed E-state index contributed by atoms with van der Waals surface area (Å²) >= 11 is 1.82. The molecule has 0 radical (unpaired) electrons. The van der Waals surface area contributed by atoms with Crippen LogP contribution in [0.25, 0.3) is 0 Å². The van der Waals surface area contributed by atoms with Crippen LogP contribution in [0.4, 0.5) is 0 Å². The van der Waals surface area contributed by atoms with Crippen molar-refractivity contribution in [2.24, 2.45) is 0 Å². The van der Waals surface area contributed by atoms with Crippen molar-refractivity contribution in [2.75, 3.05) is 32.7 Å². The normalized spacial score (nSPS) is 20.5. The summed E-state index contributed by atoms with van der Waals surface area (Å²) in [7, 11) is 0. The molecule has 3 aromatic rings. The van der Waals surface area contributed by atoms with Crippen molar-refractivity contribution in [3.05, 3.63) is 93.2 Å². The van der Waals surface area contributed by atoms with Crippen molar-refractivity contribution < 1.29 is 9.59 Å². The van der Waals surface area contributed by atoms with Gasteiger partial charge in [0.05, 0.1) is 12.6 Å². The van der Waals surface area contributed by atoms with Crippen molar-refractivity contribution >= 4 is 23.2 Å². The lowest BCUT2D eigenvalue weighted by Crippen LogP contribution is -2.57. The highest BCUT2D eigenvalue weighted by Gasteiger charge is 2.34. The maximum Gasteiger partial charge on any atom is 0.254 e. The van der Waals surface area contributed by atoms with Crippen LogP contribution in [0, 0.1) is 0 Å². The van der Waals surface area contributed by atoms with Gasteiger partial charge in [0.15, 0.2) is 0 Å². The summed E-state index contributed by atoms with van der Waals surface area (Å²) in [6.07, 6.45) is 1.95. The molecule has 3 heterocycles. The molecule has 2 aliphatic heterocycles. The van der Waals surface area contributed by atoms with E-state index in [0.717, 1.165) is 24.9 Å². The fraction of sp³-hybridized carbons (Fsp3) is 0.379. The van der Waals surface area contributed by atoms with Gasteiger partial charge < -0.3 is 9.80 Å². The van der Waals surface area contributed by atoms with Crippen LogP contribution in [-0.4, -0.2) is 65.3 Å². The van der Waals surface area contributed by atoms with E-state index in [1.807, 2.05) is 58.4 Å². The number of aryl methyl sites for hydroxylation is 1. The third kappa shape index (κ3) is 4.91. The van der Waals surface area contributed by atoms with Crippen LogP contribution in [0.1, 0.15) is 51.8 Å². The van der Waals surface area contributed by atoms with Gasteiger partial charge in [0, 0.05) is 42.7 Å². The zero-order valence-electron chi connectivity index (χ0n) is 20.5. The molecule has 0 aliphatic carbocycles. The van der Waals surface area contributed by atoms with E-state index in [-0.39, 0.29) is 23.9 Å². The maximum atomic E-state index is 13.4. The van der Waals surface area contributed by atoms with Crippen molar-refractivity contribution in [2.45, 2.75) is 38.8 Å². The summed E-state index contributed by atoms with van der Waals surface area (Å²) in [4.78, 5) is 34.2. The molecule has 5 rings (SSSR count). The van der Waals surface area contributed by atoms with Crippen LogP contribution in [0.2, 0.25) is 0 Å². The third-order valence-corrected chi connectivity index (χ3v) is 8.37. The number of benzene rings is 2. The van der Waals surface area contributed by atoms with Gasteiger partial charge in [-0.05, 0) is 60.0 Å². The molecular weight excluding hydrogens is 454 g/mol. The maximum absolute atomic E-state index is 13.4. The minimum Gasteiger partial charge on any atom is -0.338 e. The Morgan fingerprint density at radius 1 is 0.971 bits per heavy atom. The first-order valence-corrected chi connectivity index (χ1v) is 13.5. The quantitative estimate of drug-likeness (QED) is 0.527. The highest BCUT2D eigenvalue weighted by Crippen LogP contribution is 2.37. The van der Waals surface area contributed by atoms with E-state index in [1.54, 1.807) is 0 Å². The summed E-state index contributed by atoms with van der Waals surface area (Å²) in [5.41, 5.74) is 4.51. The van der Waals surface area contributed by atoms with E-state index in [4.69, 9.17) is 0 Å². The monoisotopic (exact) mass is 487 g/mol. The Morgan fingerprint density at radius 2 is 1.74 bits per heavy atom. The number of hydrogen-bond donors (Lipinski definition) is 0. The number of hydrogen-bond acceptors (Lipinski definition) is 4. The molecule has 0 saturated carbocycles. The summed E-state index contributed by atoms with van der Waals surface area (Å²) in [5.74, 6) is 0.202. The second kappa shape index (κ2) is 10.3. The summed E-state index contributed by atoms with van der Waals surface area (Å²) in [5, 5.41) is 2.17. The van der Waals surface area contributed by atoms with Gasteiger partial charge in [-0.3, -0.25) is 14.5 Å². The van der Waals surface area contributed by atoms with Gasteiger partial charge in [-0.1, -0.05) is 49.4 Å². The SMILES string of the molecule is CCc1ccc(C(=O)N2CCN(C(=O)CN3CCc4sccc4[C@@H]3c3ccccc3)C[C@@H]2C)cc1. The number of fused-ring (bicyclic) bond motifs is 1. The summed E-state index contributed by atoms with van der Waals surface area (Å²) in [6.45, 7) is 7.15. The van der Waals surface area contributed by atoms with Crippen LogP contribution >= 0.6 is 11.3 Å². The molecule has 1 aromatic heterocycles. The van der Waals surface area contributed by atoms with Crippen LogP contribution in [0.3, 0.4) is 0 Å². The minimum absolute atomic E-state index is 0.0131. The van der Waals surface area contributed by atoms with Crippen molar-refractivity contribution in [1.82, 2.24) is 14.7 Å². The molecule has 0 N–H and O–H groups in total. The highest BCUT2D eigenvalue weighted by atomic mass is 32.1. The van der Waals surface area contributed by atoms with E-state index in [1.165, 1.54) is 21.6 Å². The molecule has 2 amide bonds. The molecule has 2 aliphatic rings. The molecule has 2 aromatic carbocycles. The average Bonchev–Trinajstić information content (AvgIpc) is 3.37. The first-order chi connectivity index (χ1) is 17.0. The van der Waals surface area contributed by atoms with E-state index in [9.17, 15) is 9.59 Å².